The molecule has 1 aromatic heterocycles. The summed E-state index contributed by atoms with van der Waals surface area (Å²) < 4.78 is 0. The van der Waals surface area contributed by atoms with Gasteiger partial charge < -0.3 is 31.4 Å². The second-order valence-electron chi connectivity index (χ2n) is 7.49. The first-order valence-electron chi connectivity index (χ1n) is 10.1. The summed E-state index contributed by atoms with van der Waals surface area (Å²) in [6.45, 7) is 1.81. The summed E-state index contributed by atoms with van der Waals surface area (Å²) in [4.78, 5) is 57.6. The molecule has 3 amide bonds. The molecule has 1 aliphatic rings. The molecule has 4 atom stereocenters. The number of carboxylic acids is 1. The van der Waals surface area contributed by atoms with Gasteiger partial charge in [0.05, 0.1) is 12.4 Å². The molecule has 0 saturated carbocycles. The molecule has 0 spiro atoms. The van der Waals surface area contributed by atoms with Crippen LogP contribution in [0.25, 0.3) is 0 Å². The van der Waals surface area contributed by atoms with E-state index in [4.69, 9.17) is 5.73 Å². The van der Waals surface area contributed by atoms with Crippen molar-refractivity contribution in [2.24, 2.45) is 5.73 Å². The predicted octanol–water partition coefficient (Wildman–Crippen LogP) is -0.902. The second kappa shape index (κ2) is 11.7. The minimum Gasteiger partial charge on any atom is -0.480 e. The van der Waals surface area contributed by atoms with Gasteiger partial charge in [-0.15, -0.1) is 0 Å². The van der Waals surface area contributed by atoms with Crippen molar-refractivity contribution in [2.75, 3.05) is 18.6 Å². The zero-order chi connectivity index (χ0) is 23.0. The number of nitrogens with two attached hydrogens (primary N) is 1. The lowest BCUT2D eigenvalue weighted by Crippen LogP contribution is -2.57. The summed E-state index contributed by atoms with van der Waals surface area (Å²) in [6, 6.07) is -3.57. The number of nitrogens with zero attached hydrogens (tertiary/aromatic N) is 2. The second-order valence-corrected chi connectivity index (χ2v) is 8.47. The van der Waals surface area contributed by atoms with E-state index in [1.165, 1.54) is 24.3 Å². The van der Waals surface area contributed by atoms with Gasteiger partial charge >= 0.3 is 5.97 Å². The topological polar surface area (TPSA) is 171 Å². The first-order chi connectivity index (χ1) is 14.7. The Morgan fingerprint density at radius 1 is 1.35 bits per heavy atom. The minimum atomic E-state index is -1.07. The Labute approximate surface area is 184 Å². The largest absolute Gasteiger partial charge is 0.480 e. The van der Waals surface area contributed by atoms with Crippen molar-refractivity contribution in [3.05, 3.63) is 18.2 Å². The van der Waals surface area contributed by atoms with Crippen LogP contribution >= 0.6 is 11.8 Å². The molecule has 2 rings (SSSR count). The molecule has 1 aliphatic heterocycles. The molecular weight excluding hydrogens is 424 g/mol. The van der Waals surface area contributed by atoms with E-state index in [1.807, 2.05) is 6.26 Å². The molecule has 172 valence electrons. The zero-order valence-electron chi connectivity index (χ0n) is 17.7. The van der Waals surface area contributed by atoms with Gasteiger partial charge in [-0.2, -0.15) is 11.8 Å². The summed E-state index contributed by atoms with van der Waals surface area (Å²) in [6.07, 6.45) is 6.43. The van der Waals surface area contributed by atoms with Gasteiger partial charge in [0.15, 0.2) is 0 Å². The average Bonchev–Trinajstić information content (AvgIpc) is 3.42. The van der Waals surface area contributed by atoms with Crippen LogP contribution in [0, 0.1) is 0 Å². The van der Waals surface area contributed by atoms with Crippen LogP contribution < -0.4 is 16.4 Å². The van der Waals surface area contributed by atoms with Gasteiger partial charge in [0.1, 0.15) is 18.1 Å². The number of imidazole rings is 1. The van der Waals surface area contributed by atoms with E-state index in [0.717, 1.165) is 5.75 Å². The summed E-state index contributed by atoms with van der Waals surface area (Å²) in [5.74, 6) is -1.84. The van der Waals surface area contributed by atoms with Gasteiger partial charge in [0, 0.05) is 24.9 Å². The quantitative estimate of drug-likeness (QED) is 0.286. The number of amides is 3. The number of aromatic amines is 1. The highest BCUT2D eigenvalue weighted by molar-refractivity contribution is 7.98. The van der Waals surface area contributed by atoms with Gasteiger partial charge in [-0.05, 0) is 38.2 Å². The summed E-state index contributed by atoms with van der Waals surface area (Å²) in [5, 5.41) is 14.6. The third kappa shape index (κ3) is 6.96. The van der Waals surface area contributed by atoms with Crippen LogP contribution in [0.15, 0.2) is 12.5 Å². The fourth-order valence-electron chi connectivity index (χ4n) is 3.36. The van der Waals surface area contributed by atoms with Crippen LogP contribution in [-0.4, -0.2) is 86.4 Å². The lowest BCUT2D eigenvalue weighted by Gasteiger charge is -2.28. The number of thioether (sulfide) groups is 1. The number of nitrogens with one attached hydrogen (secondary N) is 3. The van der Waals surface area contributed by atoms with Crippen molar-refractivity contribution in [1.29, 1.82) is 0 Å². The highest BCUT2D eigenvalue weighted by atomic mass is 32.2. The minimum absolute atomic E-state index is 0.112. The molecule has 1 aromatic rings. The van der Waals surface area contributed by atoms with Crippen molar-refractivity contribution in [3.63, 3.8) is 0 Å². The molecule has 31 heavy (non-hydrogen) atoms. The van der Waals surface area contributed by atoms with Crippen LogP contribution in [0.3, 0.4) is 0 Å². The maximum atomic E-state index is 13.1. The number of hydrogen-bond donors (Lipinski definition) is 5. The molecule has 1 fully saturated rings. The number of carbonyl (C=O) groups excluding carboxylic acids is 3. The fourth-order valence-corrected chi connectivity index (χ4v) is 3.85. The third-order valence-corrected chi connectivity index (χ3v) is 5.78. The van der Waals surface area contributed by atoms with E-state index in [9.17, 15) is 24.3 Å². The fraction of sp³-hybridized carbons (Fsp3) is 0.632. The standard InChI is InChI=1S/C19H30N6O5S/c1-11(23-17(27)13(20)5-7-31-2)16(26)24-14(8-12-9-21-10-22-12)18(28)25-6-3-4-15(25)19(29)30/h9-11,13-15H,3-8,20H2,1-2H3,(H,21,22)(H,23,27)(H,24,26)(H,29,30)/t11-,13-,14-,15-/m0/s1. The van der Waals surface area contributed by atoms with Crippen molar-refractivity contribution in [3.8, 4) is 0 Å². The Hall–Kier alpha value is -2.60. The molecule has 6 N–H and O–H groups in total. The van der Waals surface area contributed by atoms with Crippen LogP contribution in [0.2, 0.25) is 0 Å². The Bertz CT molecular complexity index is 774. The molecule has 0 bridgehead atoms. The van der Waals surface area contributed by atoms with Gasteiger partial charge in [0.25, 0.3) is 0 Å². The van der Waals surface area contributed by atoms with Crippen LogP contribution in [-0.2, 0) is 25.6 Å². The third-order valence-electron chi connectivity index (χ3n) is 5.14. The number of carboxylic acid groups (broad SMARTS) is 1. The van der Waals surface area contributed by atoms with Crippen molar-refractivity contribution >= 4 is 35.5 Å². The Morgan fingerprint density at radius 3 is 2.71 bits per heavy atom. The van der Waals surface area contributed by atoms with E-state index in [-0.39, 0.29) is 6.42 Å². The van der Waals surface area contributed by atoms with Crippen molar-refractivity contribution in [2.45, 2.75) is 56.8 Å². The highest BCUT2D eigenvalue weighted by Gasteiger charge is 2.38. The first kappa shape index (κ1) is 24.7. The van der Waals surface area contributed by atoms with Gasteiger partial charge in [-0.3, -0.25) is 14.4 Å². The van der Waals surface area contributed by atoms with E-state index in [0.29, 0.717) is 31.5 Å². The predicted molar refractivity (Wildman–Crippen MR) is 115 cm³/mol. The Morgan fingerprint density at radius 2 is 2.10 bits per heavy atom. The maximum Gasteiger partial charge on any atom is 0.326 e. The monoisotopic (exact) mass is 454 g/mol. The molecule has 0 aromatic carbocycles. The van der Waals surface area contributed by atoms with E-state index in [2.05, 4.69) is 20.6 Å². The molecule has 0 unspecified atom stereocenters. The number of rotatable bonds is 11. The number of carbonyl (C=O) groups is 4. The number of H-pyrrole nitrogens is 1. The number of likely N-dealkylation sites (tertiary alicyclic amines) is 1. The van der Waals surface area contributed by atoms with Crippen LogP contribution in [0.5, 0.6) is 0 Å². The Kier molecular flexibility index (Phi) is 9.31. The molecule has 2 heterocycles. The lowest BCUT2D eigenvalue weighted by molar-refractivity contribution is -0.149. The summed E-state index contributed by atoms with van der Waals surface area (Å²) >= 11 is 1.57. The SMILES string of the molecule is CSCC[C@H](N)C(=O)N[C@@H](C)C(=O)N[C@@H](Cc1cnc[nH]1)C(=O)N1CCC[C@H]1C(=O)O. The zero-order valence-corrected chi connectivity index (χ0v) is 18.5. The molecule has 12 heteroatoms. The smallest absolute Gasteiger partial charge is 0.326 e. The normalized spacial score (nSPS) is 18.8. The molecule has 1 saturated heterocycles. The molecule has 0 radical (unpaired) electrons. The van der Waals surface area contributed by atoms with Crippen LogP contribution in [0.4, 0.5) is 0 Å². The first-order valence-corrected chi connectivity index (χ1v) is 11.5. The molecular formula is C19H30N6O5S. The number of aromatic nitrogens is 2. The van der Waals surface area contributed by atoms with Crippen molar-refractivity contribution < 1.29 is 24.3 Å². The van der Waals surface area contributed by atoms with Crippen molar-refractivity contribution in [1.82, 2.24) is 25.5 Å². The lowest BCUT2D eigenvalue weighted by atomic mass is 10.1. The highest BCUT2D eigenvalue weighted by Crippen LogP contribution is 2.19. The van der Waals surface area contributed by atoms with E-state index < -0.39 is 47.9 Å². The summed E-state index contributed by atoms with van der Waals surface area (Å²) in [7, 11) is 0. The molecule has 11 nitrogen and oxygen atoms in total. The average molecular weight is 455 g/mol. The van der Waals surface area contributed by atoms with Gasteiger partial charge in [0.2, 0.25) is 17.7 Å². The van der Waals surface area contributed by atoms with E-state index in [1.54, 1.807) is 11.8 Å². The molecule has 0 aliphatic carbocycles. The van der Waals surface area contributed by atoms with Gasteiger partial charge in [-0.25, -0.2) is 9.78 Å². The number of aliphatic carboxylic acids is 1. The van der Waals surface area contributed by atoms with E-state index >= 15 is 0 Å². The van der Waals surface area contributed by atoms with Crippen LogP contribution in [0.1, 0.15) is 31.9 Å². The number of hydrogen-bond acceptors (Lipinski definition) is 7. The maximum absolute atomic E-state index is 13.1. The van der Waals surface area contributed by atoms with Gasteiger partial charge in [-0.1, -0.05) is 0 Å². The summed E-state index contributed by atoms with van der Waals surface area (Å²) in [5.41, 5.74) is 6.44. The Balaban J connectivity index is 2.06.